The zero-order valence-electron chi connectivity index (χ0n) is 13.3. The lowest BCUT2D eigenvalue weighted by molar-refractivity contribution is -0.719. The Kier molecular flexibility index (Phi) is 5.88. The molecular formula is C18H22N3O2+. The second kappa shape index (κ2) is 8.10. The van der Waals surface area contributed by atoms with Gasteiger partial charge in [0.15, 0.2) is 6.04 Å². The molecule has 0 aliphatic heterocycles. The van der Waals surface area contributed by atoms with Crippen LogP contribution < -0.4 is 16.0 Å². The highest BCUT2D eigenvalue weighted by Gasteiger charge is 2.27. The number of urea groups is 1. The van der Waals surface area contributed by atoms with Crippen molar-refractivity contribution in [2.45, 2.75) is 19.0 Å². The van der Waals surface area contributed by atoms with Gasteiger partial charge in [0.05, 0.1) is 0 Å². The minimum absolute atomic E-state index is 0.0804. The van der Waals surface area contributed by atoms with Crippen molar-refractivity contribution in [1.82, 2.24) is 10.6 Å². The fraction of sp³-hybridized carbons (Fsp3) is 0.222. The van der Waals surface area contributed by atoms with Crippen LogP contribution in [0.4, 0.5) is 4.79 Å². The molecule has 0 saturated heterocycles. The number of benzene rings is 2. The monoisotopic (exact) mass is 312 g/mol. The van der Waals surface area contributed by atoms with Crippen molar-refractivity contribution >= 4 is 11.9 Å². The molecule has 4 N–H and O–H groups in total. The average molecular weight is 312 g/mol. The minimum atomic E-state index is -0.503. The SMILES string of the molecule is CNC(=O)NC(=O)[C@@H]([NH2+][C@H](C)c1ccccc1)c1ccccc1. The van der Waals surface area contributed by atoms with E-state index < -0.39 is 12.1 Å². The summed E-state index contributed by atoms with van der Waals surface area (Å²) in [4.78, 5) is 23.9. The van der Waals surface area contributed by atoms with Crippen LogP contribution in [0.2, 0.25) is 0 Å². The number of hydrogen-bond acceptors (Lipinski definition) is 2. The maximum atomic E-state index is 12.5. The molecule has 3 amide bonds. The first-order chi connectivity index (χ1) is 11.1. The molecule has 2 atom stereocenters. The summed E-state index contributed by atoms with van der Waals surface area (Å²) < 4.78 is 0. The quantitative estimate of drug-likeness (QED) is 0.783. The first kappa shape index (κ1) is 16.7. The summed E-state index contributed by atoms with van der Waals surface area (Å²) in [7, 11) is 1.48. The van der Waals surface area contributed by atoms with Crippen molar-refractivity contribution in [3.8, 4) is 0 Å². The largest absolute Gasteiger partial charge is 0.341 e. The van der Waals surface area contributed by atoms with Gasteiger partial charge in [0, 0.05) is 18.2 Å². The molecule has 0 aromatic heterocycles. The fourth-order valence-electron chi connectivity index (χ4n) is 2.42. The maximum Gasteiger partial charge on any atom is 0.321 e. The molecule has 0 bridgehead atoms. The molecule has 0 saturated carbocycles. The molecule has 2 aromatic rings. The van der Waals surface area contributed by atoms with E-state index in [-0.39, 0.29) is 11.9 Å². The van der Waals surface area contributed by atoms with E-state index in [1.54, 1.807) is 0 Å². The van der Waals surface area contributed by atoms with E-state index >= 15 is 0 Å². The van der Waals surface area contributed by atoms with Gasteiger partial charge in [-0.2, -0.15) is 0 Å². The summed E-state index contributed by atoms with van der Waals surface area (Å²) in [5.41, 5.74) is 1.98. The number of amides is 3. The van der Waals surface area contributed by atoms with Crippen molar-refractivity contribution < 1.29 is 14.9 Å². The Bertz CT molecular complexity index is 644. The van der Waals surface area contributed by atoms with Crippen LogP contribution in [0.15, 0.2) is 60.7 Å². The first-order valence-corrected chi connectivity index (χ1v) is 7.59. The van der Waals surface area contributed by atoms with E-state index in [0.717, 1.165) is 11.1 Å². The average Bonchev–Trinajstić information content (AvgIpc) is 2.60. The molecule has 5 nitrogen and oxygen atoms in total. The molecular weight excluding hydrogens is 290 g/mol. The van der Waals surface area contributed by atoms with Crippen LogP contribution in [0.25, 0.3) is 0 Å². The summed E-state index contributed by atoms with van der Waals surface area (Å²) >= 11 is 0. The van der Waals surface area contributed by atoms with E-state index in [1.807, 2.05) is 72.9 Å². The highest BCUT2D eigenvalue weighted by molar-refractivity contribution is 5.96. The summed E-state index contributed by atoms with van der Waals surface area (Å²) in [6.45, 7) is 2.04. The molecule has 0 aliphatic carbocycles. The van der Waals surface area contributed by atoms with Gasteiger partial charge >= 0.3 is 6.03 Å². The van der Waals surface area contributed by atoms with Gasteiger partial charge in [-0.3, -0.25) is 10.1 Å². The lowest BCUT2D eigenvalue weighted by Crippen LogP contribution is -2.88. The normalized spacial score (nSPS) is 13.0. The minimum Gasteiger partial charge on any atom is -0.341 e. The summed E-state index contributed by atoms with van der Waals surface area (Å²) in [5.74, 6) is -0.335. The van der Waals surface area contributed by atoms with Crippen molar-refractivity contribution in [2.75, 3.05) is 7.05 Å². The predicted octanol–water partition coefficient (Wildman–Crippen LogP) is 1.51. The molecule has 5 heteroatoms. The summed E-state index contributed by atoms with van der Waals surface area (Å²) in [5, 5.41) is 6.73. The van der Waals surface area contributed by atoms with E-state index in [4.69, 9.17) is 0 Å². The van der Waals surface area contributed by atoms with Crippen molar-refractivity contribution in [1.29, 1.82) is 0 Å². The topological polar surface area (TPSA) is 74.8 Å². The van der Waals surface area contributed by atoms with Gasteiger partial charge in [-0.15, -0.1) is 0 Å². The Morgan fingerprint density at radius 3 is 1.96 bits per heavy atom. The predicted molar refractivity (Wildman–Crippen MR) is 88.6 cm³/mol. The van der Waals surface area contributed by atoms with Gasteiger partial charge in [-0.05, 0) is 6.92 Å². The third kappa shape index (κ3) is 4.66. The van der Waals surface area contributed by atoms with Crippen LogP contribution in [0, 0.1) is 0 Å². The van der Waals surface area contributed by atoms with E-state index in [9.17, 15) is 9.59 Å². The van der Waals surface area contributed by atoms with Gasteiger partial charge in [0.2, 0.25) is 0 Å². The number of carbonyl (C=O) groups is 2. The molecule has 120 valence electrons. The highest BCUT2D eigenvalue weighted by atomic mass is 16.2. The number of nitrogens with one attached hydrogen (secondary N) is 2. The Morgan fingerprint density at radius 2 is 1.43 bits per heavy atom. The van der Waals surface area contributed by atoms with E-state index in [2.05, 4.69) is 10.6 Å². The van der Waals surface area contributed by atoms with Crippen molar-refractivity contribution in [2.24, 2.45) is 0 Å². The van der Waals surface area contributed by atoms with Crippen LogP contribution in [0.1, 0.15) is 30.1 Å². The standard InChI is InChI=1S/C18H21N3O2/c1-13(14-9-5-3-6-10-14)20-16(15-11-7-4-8-12-15)17(22)21-18(23)19-2/h3-13,16,20H,1-2H3,(H2,19,21,22,23)/p+1/t13-,16+/m1/s1. The second-order valence-corrected chi connectivity index (χ2v) is 5.35. The number of nitrogens with two attached hydrogens (primary N) is 1. The number of hydrogen-bond donors (Lipinski definition) is 3. The van der Waals surface area contributed by atoms with Crippen molar-refractivity contribution in [3.05, 3.63) is 71.8 Å². The molecule has 23 heavy (non-hydrogen) atoms. The summed E-state index contributed by atoms with van der Waals surface area (Å²) in [6.07, 6.45) is 0. The lowest BCUT2D eigenvalue weighted by atomic mass is 10.0. The van der Waals surface area contributed by atoms with Crippen LogP contribution in [0.5, 0.6) is 0 Å². The molecule has 0 radical (unpaired) electrons. The molecule has 2 rings (SSSR count). The van der Waals surface area contributed by atoms with Gasteiger partial charge in [0.25, 0.3) is 5.91 Å². The van der Waals surface area contributed by atoms with Gasteiger partial charge in [0.1, 0.15) is 6.04 Å². The number of quaternary nitrogens is 1. The summed E-state index contributed by atoms with van der Waals surface area (Å²) in [6, 6.07) is 18.5. The van der Waals surface area contributed by atoms with E-state index in [1.165, 1.54) is 7.05 Å². The molecule has 0 fully saturated rings. The highest BCUT2D eigenvalue weighted by Crippen LogP contribution is 2.13. The molecule has 2 aromatic carbocycles. The zero-order valence-corrected chi connectivity index (χ0v) is 13.3. The number of carbonyl (C=O) groups excluding carboxylic acids is 2. The maximum absolute atomic E-state index is 12.5. The Labute approximate surface area is 136 Å². The Morgan fingerprint density at radius 1 is 0.913 bits per heavy atom. The van der Waals surface area contributed by atoms with Gasteiger partial charge < -0.3 is 10.6 Å². The molecule has 0 heterocycles. The van der Waals surface area contributed by atoms with Crippen LogP contribution in [0.3, 0.4) is 0 Å². The Balaban J connectivity index is 2.20. The van der Waals surface area contributed by atoms with Crippen LogP contribution in [-0.4, -0.2) is 19.0 Å². The van der Waals surface area contributed by atoms with Crippen LogP contribution >= 0.6 is 0 Å². The Hall–Kier alpha value is -2.66. The first-order valence-electron chi connectivity index (χ1n) is 7.59. The third-order valence-corrected chi connectivity index (χ3v) is 3.71. The molecule has 0 spiro atoms. The number of imide groups is 1. The zero-order chi connectivity index (χ0) is 16.7. The number of rotatable bonds is 5. The van der Waals surface area contributed by atoms with Crippen molar-refractivity contribution in [3.63, 3.8) is 0 Å². The lowest BCUT2D eigenvalue weighted by Gasteiger charge is -2.20. The third-order valence-electron chi connectivity index (χ3n) is 3.71. The van der Waals surface area contributed by atoms with E-state index in [0.29, 0.717) is 0 Å². The smallest absolute Gasteiger partial charge is 0.321 e. The second-order valence-electron chi connectivity index (χ2n) is 5.35. The fourth-order valence-corrected chi connectivity index (χ4v) is 2.42. The molecule has 0 unspecified atom stereocenters. The van der Waals surface area contributed by atoms with Gasteiger partial charge in [-0.25, -0.2) is 4.79 Å². The van der Waals surface area contributed by atoms with Gasteiger partial charge in [-0.1, -0.05) is 60.7 Å². The van der Waals surface area contributed by atoms with Crippen LogP contribution in [-0.2, 0) is 4.79 Å². The molecule has 0 aliphatic rings.